The molecule has 1 rings (SSSR count). The van der Waals surface area contributed by atoms with Gasteiger partial charge in [-0.05, 0) is 24.7 Å². The Morgan fingerprint density at radius 3 is 2.71 bits per heavy atom. The number of pyridine rings is 1. The Bertz CT molecular complexity index is 348. The number of aryl methyl sites for hydroxylation is 1. The van der Waals surface area contributed by atoms with Gasteiger partial charge in [0.25, 0.3) is 0 Å². The number of thioether (sulfide) groups is 1. The summed E-state index contributed by atoms with van der Waals surface area (Å²) in [4.78, 5) is 4.11. The van der Waals surface area contributed by atoms with Gasteiger partial charge in [0.2, 0.25) is 0 Å². The van der Waals surface area contributed by atoms with Crippen LogP contribution in [-0.4, -0.2) is 20.9 Å². The maximum absolute atomic E-state index is 9.75. The molecule has 0 bridgehead atoms. The molecule has 0 fully saturated rings. The average molecular weight is 278 g/mol. The van der Waals surface area contributed by atoms with Crippen molar-refractivity contribution < 1.29 is 10.2 Å². The Labute approximate surface area is 113 Å². The molecular weight excluding hydrogens is 258 g/mol. The predicted molar refractivity (Wildman–Crippen MR) is 74.9 cm³/mol. The molecular formula is C12H20ClNO2S. The molecule has 0 aliphatic rings. The van der Waals surface area contributed by atoms with Gasteiger partial charge in [0, 0.05) is 17.5 Å². The Morgan fingerprint density at radius 1 is 1.41 bits per heavy atom. The van der Waals surface area contributed by atoms with Crippen LogP contribution < -0.4 is 0 Å². The Hall–Kier alpha value is -0.450. The summed E-state index contributed by atoms with van der Waals surface area (Å²) < 4.78 is 0. The standard InChI is InChI=1S/C12H19NO2S.ClH/c1-3-4-5-16-8-10-6-13-9(2)12(15)11(10)7-14;/h6,14-15H,3-5,7-8H2,1-2H3;1H. The zero-order valence-corrected chi connectivity index (χ0v) is 11.9. The lowest BCUT2D eigenvalue weighted by atomic mass is 10.1. The van der Waals surface area contributed by atoms with E-state index in [0.717, 1.165) is 17.1 Å². The van der Waals surface area contributed by atoms with Gasteiger partial charge in [-0.2, -0.15) is 11.8 Å². The van der Waals surface area contributed by atoms with E-state index in [-0.39, 0.29) is 24.8 Å². The average Bonchev–Trinajstić information content (AvgIpc) is 2.29. The molecule has 1 aromatic heterocycles. The van der Waals surface area contributed by atoms with E-state index in [2.05, 4.69) is 11.9 Å². The second-order valence-electron chi connectivity index (χ2n) is 3.76. The zero-order valence-electron chi connectivity index (χ0n) is 10.3. The van der Waals surface area contributed by atoms with Gasteiger partial charge < -0.3 is 10.2 Å². The number of hydrogen-bond donors (Lipinski definition) is 2. The molecule has 0 aliphatic carbocycles. The third kappa shape index (κ3) is 4.74. The summed E-state index contributed by atoms with van der Waals surface area (Å²) in [5.41, 5.74) is 2.13. The first-order valence-corrected chi connectivity index (χ1v) is 6.71. The molecule has 98 valence electrons. The van der Waals surface area contributed by atoms with Gasteiger partial charge in [-0.3, -0.25) is 4.98 Å². The number of aromatic hydroxyl groups is 1. The summed E-state index contributed by atoms with van der Waals surface area (Å²) in [6.45, 7) is 3.78. The van der Waals surface area contributed by atoms with E-state index in [9.17, 15) is 10.2 Å². The van der Waals surface area contributed by atoms with Gasteiger partial charge in [0.05, 0.1) is 12.3 Å². The summed E-state index contributed by atoms with van der Waals surface area (Å²) in [7, 11) is 0. The van der Waals surface area contributed by atoms with Gasteiger partial charge in [-0.15, -0.1) is 12.4 Å². The van der Waals surface area contributed by atoms with E-state index < -0.39 is 0 Å². The van der Waals surface area contributed by atoms with Gasteiger partial charge >= 0.3 is 0 Å². The Balaban J connectivity index is 0.00000256. The molecule has 3 nitrogen and oxygen atoms in total. The summed E-state index contributed by atoms with van der Waals surface area (Å²) in [6, 6.07) is 0. The Morgan fingerprint density at radius 2 is 2.12 bits per heavy atom. The van der Waals surface area contributed by atoms with Gasteiger partial charge in [0.1, 0.15) is 5.75 Å². The minimum Gasteiger partial charge on any atom is -0.506 e. The van der Waals surface area contributed by atoms with E-state index in [1.165, 1.54) is 12.8 Å². The molecule has 0 aliphatic heterocycles. The minimum atomic E-state index is -0.126. The first-order chi connectivity index (χ1) is 7.70. The van der Waals surface area contributed by atoms with Crippen LogP contribution in [0.3, 0.4) is 0 Å². The van der Waals surface area contributed by atoms with Crippen LogP contribution in [0.4, 0.5) is 0 Å². The quantitative estimate of drug-likeness (QED) is 0.785. The number of rotatable bonds is 6. The van der Waals surface area contributed by atoms with Crippen LogP contribution in [-0.2, 0) is 12.4 Å². The van der Waals surface area contributed by atoms with Crippen LogP contribution in [0.15, 0.2) is 6.20 Å². The molecule has 0 amide bonds. The number of unbranched alkanes of at least 4 members (excludes halogenated alkanes) is 1. The zero-order chi connectivity index (χ0) is 12.0. The number of aliphatic hydroxyl groups excluding tert-OH is 1. The number of nitrogens with zero attached hydrogens (tertiary/aromatic N) is 1. The molecule has 2 N–H and O–H groups in total. The SMILES string of the molecule is CCCCSCc1cnc(C)c(O)c1CO.Cl. The molecule has 0 unspecified atom stereocenters. The summed E-state index contributed by atoms with van der Waals surface area (Å²) in [5, 5.41) is 19.0. The summed E-state index contributed by atoms with van der Waals surface area (Å²) in [5.74, 6) is 2.04. The van der Waals surface area contributed by atoms with Crippen LogP contribution in [0.1, 0.15) is 36.6 Å². The number of aromatic nitrogens is 1. The largest absolute Gasteiger partial charge is 0.506 e. The number of hydrogen-bond acceptors (Lipinski definition) is 4. The third-order valence-electron chi connectivity index (χ3n) is 2.49. The molecule has 0 radical (unpaired) electrons. The van der Waals surface area contributed by atoms with Crippen LogP contribution in [0.25, 0.3) is 0 Å². The maximum atomic E-state index is 9.75. The Kier molecular flexibility index (Phi) is 8.39. The third-order valence-corrected chi connectivity index (χ3v) is 3.58. The van der Waals surface area contributed by atoms with Crippen molar-refractivity contribution in [1.82, 2.24) is 4.98 Å². The molecule has 0 atom stereocenters. The smallest absolute Gasteiger partial charge is 0.142 e. The molecule has 1 aromatic rings. The highest BCUT2D eigenvalue weighted by Gasteiger charge is 2.10. The fourth-order valence-electron chi connectivity index (χ4n) is 1.41. The topological polar surface area (TPSA) is 53.4 Å². The first-order valence-electron chi connectivity index (χ1n) is 5.55. The van der Waals surface area contributed by atoms with Crippen molar-refractivity contribution in [1.29, 1.82) is 0 Å². The van der Waals surface area contributed by atoms with E-state index in [0.29, 0.717) is 11.3 Å². The molecule has 5 heteroatoms. The highest BCUT2D eigenvalue weighted by Crippen LogP contribution is 2.26. The van der Waals surface area contributed by atoms with Crippen molar-refractivity contribution in [3.05, 3.63) is 23.0 Å². The van der Waals surface area contributed by atoms with Crippen molar-refractivity contribution in [3.63, 3.8) is 0 Å². The minimum absolute atomic E-state index is 0. The number of aliphatic hydroxyl groups is 1. The lowest BCUT2D eigenvalue weighted by molar-refractivity contribution is 0.274. The fourth-order valence-corrected chi connectivity index (χ4v) is 2.52. The van der Waals surface area contributed by atoms with Crippen molar-refractivity contribution in [3.8, 4) is 5.75 Å². The molecule has 0 saturated carbocycles. The van der Waals surface area contributed by atoms with Crippen molar-refractivity contribution in [2.45, 2.75) is 39.0 Å². The van der Waals surface area contributed by atoms with Gasteiger partial charge in [-0.25, -0.2) is 0 Å². The van der Waals surface area contributed by atoms with Gasteiger partial charge in [0.15, 0.2) is 0 Å². The highest BCUT2D eigenvalue weighted by atomic mass is 35.5. The number of halogens is 1. The molecule has 0 saturated heterocycles. The van der Waals surface area contributed by atoms with Crippen LogP contribution in [0.5, 0.6) is 5.75 Å². The fraction of sp³-hybridized carbons (Fsp3) is 0.583. The first kappa shape index (κ1) is 16.6. The molecule has 1 heterocycles. The monoisotopic (exact) mass is 277 g/mol. The van der Waals surface area contributed by atoms with Crippen molar-refractivity contribution >= 4 is 24.2 Å². The lowest BCUT2D eigenvalue weighted by Crippen LogP contribution is -1.98. The van der Waals surface area contributed by atoms with Crippen LogP contribution in [0, 0.1) is 6.92 Å². The highest BCUT2D eigenvalue weighted by molar-refractivity contribution is 7.98. The van der Waals surface area contributed by atoms with E-state index in [1.807, 2.05) is 11.8 Å². The van der Waals surface area contributed by atoms with Crippen molar-refractivity contribution in [2.24, 2.45) is 0 Å². The van der Waals surface area contributed by atoms with Gasteiger partial charge in [-0.1, -0.05) is 13.3 Å². The van der Waals surface area contributed by atoms with Crippen LogP contribution in [0.2, 0.25) is 0 Å². The van der Waals surface area contributed by atoms with Crippen LogP contribution >= 0.6 is 24.2 Å². The predicted octanol–water partition coefficient (Wildman–Crippen LogP) is 3.04. The van der Waals surface area contributed by atoms with E-state index >= 15 is 0 Å². The molecule has 0 aromatic carbocycles. The summed E-state index contributed by atoms with van der Waals surface area (Å²) >= 11 is 1.81. The van der Waals surface area contributed by atoms with E-state index in [1.54, 1.807) is 13.1 Å². The second kappa shape index (κ2) is 8.61. The van der Waals surface area contributed by atoms with E-state index in [4.69, 9.17) is 0 Å². The van der Waals surface area contributed by atoms with Crippen molar-refractivity contribution in [2.75, 3.05) is 5.75 Å². The summed E-state index contributed by atoms with van der Waals surface area (Å²) in [6.07, 6.45) is 4.14. The molecule has 17 heavy (non-hydrogen) atoms. The maximum Gasteiger partial charge on any atom is 0.142 e. The normalized spacial score (nSPS) is 10.1. The lowest BCUT2D eigenvalue weighted by Gasteiger charge is -2.10. The molecule has 0 spiro atoms. The second-order valence-corrected chi connectivity index (χ2v) is 4.87.